The number of benzene rings is 2. The van der Waals surface area contributed by atoms with Crippen molar-refractivity contribution in [1.82, 2.24) is 5.32 Å². The standard InChI is InChI=1S/C27H27Cl3N2O4/c1-16-26(24(33)34,11-4-6-18-9-10-21(29)22(30)14-18)23(19-7-3-8-20(28)15-19)27(25(35)36,12-5-13-31)17(2)32-16/h3-4,6-10,14-17,23,32H,5,11-12H2,1-2H3,(H,33,34)(H,35,36). The van der Waals surface area contributed by atoms with Gasteiger partial charge in [-0.2, -0.15) is 5.26 Å². The molecule has 0 saturated carbocycles. The molecule has 2 aromatic rings. The molecule has 0 spiro atoms. The summed E-state index contributed by atoms with van der Waals surface area (Å²) in [7, 11) is 0. The van der Waals surface area contributed by atoms with Crippen LogP contribution in [0.2, 0.25) is 15.1 Å². The molecule has 1 aliphatic rings. The van der Waals surface area contributed by atoms with Gasteiger partial charge >= 0.3 is 11.9 Å². The van der Waals surface area contributed by atoms with Gasteiger partial charge in [0.25, 0.3) is 0 Å². The van der Waals surface area contributed by atoms with E-state index in [4.69, 9.17) is 34.8 Å². The lowest BCUT2D eigenvalue weighted by Crippen LogP contribution is -2.69. The van der Waals surface area contributed by atoms with Crippen molar-refractivity contribution in [1.29, 1.82) is 5.26 Å². The van der Waals surface area contributed by atoms with Crippen molar-refractivity contribution in [2.24, 2.45) is 10.8 Å². The zero-order valence-corrected chi connectivity index (χ0v) is 22.1. The Morgan fingerprint density at radius 1 is 1.03 bits per heavy atom. The summed E-state index contributed by atoms with van der Waals surface area (Å²) in [5.41, 5.74) is -1.92. The van der Waals surface area contributed by atoms with Gasteiger partial charge in [0, 0.05) is 29.4 Å². The van der Waals surface area contributed by atoms with E-state index in [1.807, 2.05) is 6.07 Å². The molecule has 36 heavy (non-hydrogen) atoms. The van der Waals surface area contributed by atoms with Gasteiger partial charge < -0.3 is 15.5 Å². The highest BCUT2D eigenvalue weighted by Gasteiger charge is 2.66. The van der Waals surface area contributed by atoms with Gasteiger partial charge in [-0.1, -0.05) is 65.2 Å². The van der Waals surface area contributed by atoms with Gasteiger partial charge in [-0.05, 0) is 62.1 Å². The smallest absolute Gasteiger partial charge is 0.312 e. The summed E-state index contributed by atoms with van der Waals surface area (Å²) in [5.74, 6) is -3.29. The fourth-order valence-corrected chi connectivity index (χ4v) is 6.15. The fourth-order valence-electron chi connectivity index (χ4n) is 5.65. The van der Waals surface area contributed by atoms with Crippen LogP contribution in [0.4, 0.5) is 0 Å². The number of halogens is 3. The Morgan fingerprint density at radius 2 is 1.69 bits per heavy atom. The summed E-state index contributed by atoms with van der Waals surface area (Å²) in [4.78, 5) is 26.2. The van der Waals surface area contributed by atoms with Crippen molar-refractivity contribution in [3.05, 3.63) is 74.7 Å². The monoisotopic (exact) mass is 548 g/mol. The molecule has 2 aromatic carbocycles. The lowest BCUT2D eigenvalue weighted by Gasteiger charge is -2.57. The quantitative estimate of drug-likeness (QED) is 0.340. The van der Waals surface area contributed by atoms with E-state index in [1.165, 1.54) is 0 Å². The number of nitrogens with zero attached hydrogens (tertiary/aromatic N) is 1. The van der Waals surface area contributed by atoms with Crippen LogP contribution in [0.15, 0.2) is 48.5 Å². The Morgan fingerprint density at radius 3 is 2.28 bits per heavy atom. The molecule has 3 N–H and O–H groups in total. The second-order valence-corrected chi connectivity index (χ2v) is 10.5. The van der Waals surface area contributed by atoms with Gasteiger partial charge in [-0.25, -0.2) is 0 Å². The molecule has 1 saturated heterocycles. The van der Waals surface area contributed by atoms with Crippen LogP contribution in [0.3, 0.4) is 0 Å². The topological polar surface area (TPSA) is 110 Å². The summed E-state index contributed by atoms with van der Waals surface area (Å²) >= 11 is 18.4. The maximum Gasteiger partial charge on any atom is 0.312 e. The lowest BCUT2D eigenvalue weighted by atomic mass is 9.49. The molecular formula is C27H27Cl3N2O4. The van der Waals surface area contributed by atoms with E-state index in [1.54, 1.807) is 68.5 Å². The van der Waals surface area contributed by atoms with Crippen molar-refractivity contribution in [3.63, 3.8) is 0 Å². The molecule has 9 heteroatoms. The second-order valence-electron chi connectivity index (χ2n) is 9.23. The van der Waals surface area contributed by atoms with Crippen LogP contribution in [0.5, 0.6) is 0 Å². The number of allylic oxidation sites excluding steroid dienone is 1. The summed E-state index contributed by atoms with van der Waals surface area (Å²) in [6.07, 6.45) is 3.41. The largest absolute Gasteiger partial charge is 0.481 e. The molecule has 190 valence electrons. The third kappa shape index (κ3) is 4.99. The van der Waals surface area contributed by atoms with E-state index in [2.05, 4.69) is 5.32 Å². The zero-order chi connectivity index (χ0) is 26.7. The van der Waals surface area contributed by atoms with Gasteiger partial charge in [0.05, 0.1) is 26.9 Å². The van der Waals surface area contributed by atoms with Crippen molar-refractivity contribution >= 4 is 52.8 Å². The first-order valence-corrected chi connectivity index (χ1v) is 12.6. The highest BCUT2D eigenvalue weighted by atomic mass is 35.5. The number of carbonyl (C=O) groups is 2. The summed E-state index contributed by atoms with van der Waals surface area (Å²) in [5, 5.41) is 35.1. The Kier molecular flexibility index (Phi) is 8.74. The van der Waals surface area contributed by atoms with Gasteiger partial charge in [0.15, 0.2) is 0 Å². The van der Waals surface area contributed by atoms with Gasteiger partial charge in [0.2, 0.25) is 0 Å². The van der Waals surface area contributed by atoms with Gasteiger partial charge in [-0.3, -0.25) is 9.59 Å². The number of nitriles is 1. The normalized spacial score (nSPS) is 28.1. The number of aliphatic carboxylic acids is 2. The molecule has 0 radical (unpaired) electrons. The minimum absolute atomic E-state index is 0.0161. The molecule has 1 fully saturated rings. The molecule has 5 unspecified atom stereocenters. The van der Waals surface area contributed by atoms with E-state index < -0.39 is 40.8 Å². The van der Waals surface area contributed by atoms with Crippen molar-refractivity contribution in [3.8, 4) is 6.07 Å². The van der Waals surface area contributed by atoms with Crippen molar-refractivity contribution in [2.45, 2.75) is 51.1 Å². The molecule has 0 aliphatic carbocycles. The number of hydrogen-bond acceptors (Lipinski definition) is 4. The first kappa shape index (κ1) is 28.0. The third-order valence-corrected chi connectivity index (χ3v) is 8.39. The SMILES string of the molecule is CC1NC(C)C(CCC#N)(C(=O)O)C(c2cccc(Cl)c2)C1(CC=Cc1ccc(Cl)c(Cl)c1)C(=O)O. The highest BCUT2D eigenvalue weighted by molar-refractivity contribution is 6.42. The fraction of sp³-hybridized carbons (Fsp3) is 0.370. The number of piperidine rings is 1. The highest BCUT2D eigenvalue weighted by Crippen LogP contribution is 2.59. The Labute approximate surface area is 225 Å². The third-order valence-electron chi connectivity index (χ3n) is 7.41. The average Bonchev–Trinajstić information content (AvgIpc) is 2.81. The van der Waals surface area contributed by atoms with E-state index in [0.29, 0.717) is 20.6 Å². The number of hydrogen-bond donors (Lipinski definition) is 3. The summed E-state index contributed by atoms with van der Waals surface area (Å²) < 4.78 is 0. The van der Waals surface area contributed by atoms with Crippen LogP contribution in [0.1, 0.15) is 50.2 Å². The van der Waals surface area contributed by atoms with Crippen LogP contribution in [-0.4, -0.2) is 34.2 Å². The number of nitrogens with one attached hydrogen (secondary N) is 1. The second kappa shape index (κ2) is 11.2. The molecule has 0 bridgehead atoms. The van der Waals surface area contributed by atoms with Crippen LogP contribution >= 0.6 is 34.8 Å². The Hall–Kier alpha value is -2.56. The molecule has 1 aliphatic heterocycles. The molecule has 0 aromatic heterocycles. The summed E-state index contributed by atoms with van der Waals surface area (Å²) in [6.45, 7) is 3.49. The maximum atomic E-state index is 13.2. The minimum Gasteiger partial charge on any atom is -0.481 e. The molecule has 6 nitrogen and oxygen atoms in total. The molecule has 0 amide bonds. The number of carboxylic acids is 2. The predicted molar refractivity (Wildman–Crippen MR) is 141 cm³/mol. The van der Waals surface area contributed by atoms with Crippen LogP contribution in [0, 0.1) is 22.2 Å². The molecule has 5 atom stereocenters. The van der Waals surface area contributed by atoms with Gasteiger partial charge in [-0.15, -0.1) is 0 Å². The zero-order valence-electron chi connectivity index (χ0n) is 19.8. The van der Waals surface area contributed by atoms with E-state index in [9.17, 15) is 25.1 Å². The van der Waals surface area contributed by atoms with Gasteiger partial charge in [0.1, 0.15) is 0 Å². The molecular weight excluding hydrogens is 523 g/mol. The summed E-state index contributed by atoms with van der Waals surface area (Å²) in [6, 6.07) is 12.6. The minimum atomic E-state index is -1.58. The van der Waals surface area contributed by atoms with Crippen molar-refractivity contribution < 1.29 is 19.8 Å². The van der Waals surface area contributed by atoms with Crippen LogP contribution in [0.25, 0.3) is 6.08 Å². The van der Waals surface area contributed by atoms with E-state index >= 15 is 0 Å². The lowest BCUT2D eigenvalue weighted by molar-refractivity contribution is -0.172. The first-order valence-electron chi connectivity index (χ1n) is 11.5. The van der Waals surface area contributed by atoms with E-state index in [0.717, 1.165) is 5.56 Å². The Bertz CT molecular complexity index is 1230. The number of rotatable bonds is 8. The average molecular weight is 550 g/mol. The number of carboxylic acid groups (broad SMARTS) is 2. The van der Waals surface area contributed by atoms with Crippen LogP contribution < -0.4 is 5.32 Å². The molecule has 3 rings (SSSR count). The first-order chi connectivity index (χ1) is 17.0. The van der Waals surface area contributed by atoms with Crippen LogP contribution in [-0.2, 0) is 9.59 Å². The molecule has 1 heterocycles. The van der Waals surface area contributed by atoms with Crippen molar-refractivity contribution in [2.75, 3.05) is 0 Å². The van der Waals surface area contributed by atoms with E-state index in [-0.39, 0.29) is 19.3 Å². The maximum absolute atomic E-state index is 13.2. The predicted octanol–water partition coefficient (Wildman–Crippen LogP) is 6.66. The Balaban J connectivity index is 2.24.